The van der Waals surface area contributed by atoms with Crippen molar-refractivity contribution in [1.82, 2.24) is 0 Å². The van der Waals surface area contributed by atoms with E-state index in [1.54, 1.807) is 30.3 Å². The highest BCUT2D eigenvalue weighted by Crippen LogP contribution is 2.37. The average molecular weight is 529 g/mol. The number of halogens is 3. The number of aryl methyl sites for hydroxylation is 1. The molecule has 0 spiro atoms. The predicted molar refractivity (Wildman–Crippen MR) is 139 cm³/mol. The van der Waals surface area contributed by atoms with Crippen molar-refractivity contribution in [3.05, 3.63) is 94.4 Å². The Balaban J connectivity index is 1.36. The maximum atomic E-state index is 13.0. The Hall–Kier alpha value is -3.63. The van der Waals surface area contributed by atoms with Gasteiger partial charge >= 0.3 is 6.18 Å². The van der Waals surface area contributed by atoms with Crippen molar-refractivity contribution < 1.29 is 27.5 Å². The molecule has 1 aliphatic rings. The van der Waals surface area contributed by atoms with E-state index in [9.17, 15) is 22.8 Å². The molecule has 0 aromatic heterocycles. The molecule has 1 fully saturated rings. The highest BCUT2D eigenvalue weighted by molar-refractivity contribution is 8.27. The Morgan fingerprint density at radius 1 is 1.08 bits per heavy atom. The number of hydrogen-bond acceptors (Lipinski definition) is 5. The van der Waals surface area contributed by atoms with Crippen molar-refractivity contribution in [3.8, 4) is 5.75 Å². The van der Waals surface area contributed by atoms with Gasteiger partial charge in [0, 0.05) is 5.69 Å². The molecule has 0 saturated carbocycles. The highest BCUT2D eigenvalue weighted by atomic mass is 32.2. The number of nitrogens with one attached hydrogen (secondary N) is 1. The normalized spacial score (nSPS) is 14.9. The fourth-order valence-electron chi connectivity index (χ4n) is 3.42. The van der Waals surface area contributed by atoms with Gasteiger partial charge in [-0.2, -0.15) is 13.2 Å². The summed E-state index contributed by atoms with van der Waals surface area (Å²) < 4.78 is 44.3. The first-order valence-electron chi connectivity index (χ1n) is 10.7. The molecule has 3 aromatic rings. The monoisotopic (exact) mass is 528 g/mol. The van der Waals surface area contributed by atoms with Crippen LogP contribution < -0.4 is 15.0 Å². The molecule has 0 aliphatic carbocycles. The standard InChI is InChI=1S/C26H19F3N2O3S2/c1-16-5-2-3-8-21(16)31-24(33)22(36-25(31)35)13-17-9-11-20(12-10-17)34-15-23(32)30-19-7-4-6-18(14-19)26(27,28)29/h2-14H,15H2,1H3,(H,30,32)/b22-13-. The molecule has 0 radical (unpaired) electrons. The van der Waals surface area contributed by atoms with Crippen LogP contribution in [0.3, 0.4) is 0 Å². The summed E-state index contributed by atoms with van der Waals surface area (Å²) in [5.41, 5.74) is 1.59. The molecule has 2 amide bonds. The summed E-state index contributed by atoms with van der Waals surface area (Å²) in [7, 11) is 0. The van der Waals surface area contributed by atoms with Gasteiger partial charge in [0.1, 0.15) is 5.75 Å². The lowest BCUT2D eigenvalue weighted by atomic mass is 10.1. The van der Waals surface area contributed by atoms with E-state index in [1.165, 1.54) is 28.8 Å². The van der Waals surface area contributed by atoms with Crippen LogP contribution in [0.25, 0.3) is 6.08 Å². The summed E-state index contributed by atoms with van der Waals surface area (Å²) in [4.78, 5) is 27.1. The molecule has 1 saturated heterocycles. The molecule has 1 N–H and O–H groups in total. The number of nitrogens with zero attached hydrogens (tertiary/aromatic N) is 1. The number of thioether (sulfide) groups is 1. The van der Waals surface area contributed by atoms with Crippen LogP contribution in [0.4, 0.5) is 24.5 Å². The lowest BCUT2D eigenvalue weighted by Gasteiger charge is -2.16. The number of benzene rings is 3. The van der Waals surface area contributed by atoms with Crippen LogP contribution in [-0.4, -0.2) is 22.7 Å². The number of amides is 2. The summed E-state index contributed by atoms with van der Waals surface area (Å²) in [6.45, 7) is 1.53. The minimum absolute atomic E-state index is 0.0248. The number of alkyl halides is 3. The molecular formula is C26H19F3N2O3S2. The molecule has 36 heavy (non-hydrogen) atoms. The topological polar surface area (TPSA) is 58.6 Å². The molecule has 184 valence electrons. The first-order chi connectivity index (χ1) is 17.1. The van der Waals surface area contributed by atoms with Crippen molar-refractivity contribution >= 4 is 57.6 Å². The fraction of sp³-hybridized carbons (Fsp3) is 0.115. The third-order valence-corrected chi connectivity index (χ3v) is 6.47. The smallest absolute Gasteiger partial charge is 0.416 e. The van der Waals surface area contributed by atoms with Gasteiger partial charge in [-0.05, 0) is 60.5 Å². The van der Waals surface area contributed by atoms with Gasteiger partial charge in [0.2, 0.25) is 0 Å². The zero-order valence-electron chi connectivity index (χ0n) is 18.8. The summed E-state index contributed by atoms with van der Waals surface area (Å²) >= 11 is 6.63. The van der Waals surface area contributed by atoms with Crippen LogP contribution in [-0.2, 0) is 15.8 Å². The van der Waals surface area contributed by atoms with Crippen LogP contribution in [0.5, 0.6) is 5.75 Å². The Morgan fingerprint density at radius 3 is 2.50 bits per heavy atom. The minimum atomic E-state index is -4.50. The van der Waals surface area contributed by atoms with Crippen LogP contribution >= 0.6 is 24.0 Å². The largest absolute Gasteiger partial charge is 0.484 e. The van der Waals surface area contributed by atoms with Gasteiger partial charge in [-0.3, -0.25) is 14.5 Å². The third kappa shape index (κ3) is 5.95. The molecule has 3 aromatic carbocycles. The molecule has 1 aliphatic heterocycles. The molecule has 0 bridgehead atoms. The SMILES string of the molecule is Cc1ccccc1N1C(=O)/C(=C/c2ccc(OCC(=O)Nc3cccc(C(F)(F)F)c3)cc2)SC1=S. The first kappa shape index (κ1) is 25.5. The minimum Gasteiger partial charge on any atom is -0.484 e. The molecule has 10 heteroatoms. The number of anilines is 2. The quantitative estimate of drug-likeness (QED) is 0.295. The zero-order chi connectivity index (χ0) is 25.9. The molecule has 0 atom stereocenters. The maximum Gasteiger partial charge on any atom is 0.416 e. The van der Waals surface area contributed by atoms with Gasteiger partial charge in [-0.1, -0.05) is 60.4 Å². The van der Waals surface area contributed by atoms with E-state index in [0.29, 0.717) is 15.0 Å². The summed E-state index contributed by atoms with van der Waals surface area (Å²) in [5.74, 6) is -0.414. The Labute approximate surface area is 214 Å². The van der Waals surface area contributed by atoms with Gasteiger partial charge in [0.25, 0.3) is 11.8 Å². The number of rotatable bonds is 6. The summed E-state index contributed by atoms with van der Waals surface area (Å²) in [6.07, 6.45) is -2.78. The van der Waals surface area contributed by atoms with E-state index in [2.05, 4.69) is 5.32 Å². The van der Waals surface area contributed by atoms with Crippen molar-refractivity contribution in [3.63, 3.8) is 0 Å². The van der Waals surface area contributed by atoms with E-state index < -0.39 is 17.6 Å². The lowest BCUT2D eigenvalue weighted by molar-refractivity contribution is -0.137. The van der Waals surface area contributed by atoms with E-state index in [4.69, 9.17) is 17.0 Å². The van der Waals surface area contributed by atoms with Gasteiger partial charge in [-0.15, -0.1) is 0 Å². The van der Waals surface area contributed by atoms with E-state index in [0.717, 1.165) is 28.9 Å². The number of thiocarbonyl (C=S) groups is 1. The van der Waals surface area contributed by atoms with Crippen molar-refractivity contribution in [2.75, 3.05) is 16.8 Å². The summed E-state index contributed by atoms with van der Waals surface area (Å²) in [5, 5.41) is 2.38. The number of carbonyl (C=O) groups excluding carboxylic acids is 2. The molecule has 4 rings (SSSR count). The lowest BCUT2D eigenvalue weighted by Crippen LogP contribution is -2.28. The molecule has 1 heterocycles. The van der Waals surface area contributed by atoms with Crippen LogP contribution in [0, 0.1) is 6.92 Å². The number of ether oxygens (including phenoxy) is 1. The van der Waals surface area contributed by atoms with Crippen molar-refractivity contribution in [1.29, 1.82) is 0 Å². The van der Waals surface area contributed by atoms with Gasteiger partial charge in [-0.25, -0.2) is 0 Å². The fourth-order valence-corrected chi connectivity index (χ4v) is 4.71. The second kappa shape index (κ2) is 10.5. The Bertz CT molecular complexity index is 1360. The van der Waals surface area contributed by atoms with Gasteiger partial charge in [0.15, 0.2) is 10.9 Å². The van der Waals surface area contributed by atoms with Gasteiger partial charge < -0.3 is 10.1 Å². The molecule has 0 unspecified atom stereocenters. The molecular weight excluding hydrogens is 509 g/mol. The van der Waals surface area contributed by atoms with Crippen molar-refractivity contribution in [2.45, 2.75) is 13.1 Å². The molecule has 5 nitrogen and oxygen atoms in total. The van der Waals surface area contributed by atoms with Crippen LogP contribution in [0.2, 0.25) is 0 Å². The average Bonchev–Trinajstić information content (AvgIpc) is 3.11. The predicted octanol–water partition coefficient (Wildman–Crippen LogP) is 6.44. The second-order valence-electron chi connectivity index (χ2n) is 7.79. The summed E-state index contributed by atoms with van der Waals surface area (Å²) in [6, 6.07) is 18.6. The zero-order valence-corrected chi connectivity index (χ0v) is 20.5. The third-order valence-electron chi connectivity index (χ3n) is 5.17. The van der Waals surface area contributed by atoms with Gasteiger partial charge in [0.05, 0.1) is 16.2 Å². The van der Waals surface area contributed by atoms with E-state index >= 15 is 0 Å². The second-order valence-corrected chi connectivity index (χ2v) is 9.46. The maximum absolute atomic E-state index is 13.0. The van der Waals surface area contributed by atoms with Crippen molar-refractivity contribution in [2.24, 2.45) is 0 Å². The first-order valence-corrected chi connectivity index (χ1v) is 11.9. The van der Waals surface area contributed by atoms with Crippen LogP contribution in [0.15, 0.2) is 77.7 Å². The number of para-hydroxylation sites is 1. The number of carbonyl (C=O) groups is 2. The Kier molecular flexibility index (Phi) is 7.46. The van der Waals surface area contributed by atoms with E-state index in [1.807, 2.05) is 31.2 Å². The Morgan fingerprint density at radius 2 is 1.81 bits per heavy atom. The van der Waals surface area contributed by atoms with E-state index in [-0.39, 0.29) is 18.2 Å². The van der Waals surface area contributed by atoms with Crippen LogP contribution in [0.1, 0.15) is 16.7 Å². The number of hydrogen-bond donors (Lipinski definition) is 1. The highest BCUT2D eigenvalue weighted by Gasteiger charge is 2.34.